The highest BCUT2D eigenvalue weighted by atomic mass is 35.5. The molecule has 4 nitrogen and oxygen atoms in total. The maximum absolute atomic E-state index is 13.5. The van der Waals surface area contributed by atoms with Gasteiger partial charge in [-0.1, -0.05) is 53.1 Å². The Morgan fingerprint density at radius 1 is 1.25 bits per heavy atom. The Kier molecular flexibility index (Phi) is 5.12. The van der Waals surface area contributed by atoms with Gasteiger partial charge in [-0.05, 0) is 74.1 Å². The van der Waals surface area contributed by atoms with E-state index < -0.39 is 5.41 Å². The van der Waals surface area contributed by atoms with Crippen molar-refractivity contribution in [1.29, 1.82) is 0 Å². The number of Topliss-reactive ketones (excluding diaryl/α,β-unsaturated/α-hetero) is 1. The summed E-state index contributed by atoms with van der Waals surface area (Å²) < 4.78 is 6.88. The number of thiazole rings is 1. The van der Waals surface area contributed by atoms with E-state index in [0.717, 1.165) is 40.7 Å². The number of halogens is 2. The van der Waals surface area contributed by atoms with Crippen LogP contribution in [-0.2, 0) is 11.2 Å². The van der Waals surface area contributed by atoms with Crippen LogP contribution in [0.1, 0.15) is 44.7 Å². The molecular weight excluding hydrogens is 465 g/mol. The molecule has 3 aromatic rings. The van der Waals surface area contributed by atoms with Crippen molar-refractivity contribution < 1.29 is 14.6 Å². The molecule has 7 heteroatoms. The largest absolute Gasteiger partial charge is 0.507 e. The Labute approximate surface area is 200 Å². The first-order valence-corrected chi connectivity index (χ1v) is 12.1. The van der Waals surface area contributed by atoms with Crippen LogP contribution in [0, 0.1) is 5.41 Å². The molecule has 2 aromatic carbocycles. The summed E-state index contributed by atoms with van der Waals surface area (Å²) in [7, 11) is 0. The van der Waals surface area contributed by atoms with Crippen molar-refractivity contribution >= 4 is 56.1 Å². The highest BCUT2D eigenvalue weighted by Gasteiger charge is 2.48. The quantitative estimate of drug-likeness (QED) is 0.407. The molecule has 0 amide bonds. The van der Waals surface area contributed by atoms with Gasteiger partial charge in [0.25, 0.3) is 5.19 Å². The van der Waals surface area contributed by atoms with Crippen LogP contribution >= 0.6 is 34.5 Å². The van der Waals surface area contributed by atoms with Gasteiger partial charge in [0.15, 0.2) is 5.78 Å². The lowest BCUT2D eigenvalue weighted by Crippen LogP contribution is -2.30. The van der Waals surface area contributed by atoms with Crippen molar-refractivity contribution in [2.75, 3.05) is 0 Å². The first-order valence-electron chi connectivity index (χ1n) is 10.5. The van der Waals surface area contributed by atoms with E-state index in [9.17, 15) is 9.90 Å². The predicted molar refractivity (Wildman–Crippen MR) is 130 cm³/mol. The number of fused-ring (bicyclic) bond motifs is 2. The average Bonchev–Trinajstić information content (AvgIpc) is 3.26. The average molecular weight is 486 g/mol. The Morgan fingerprint density at radius 2 is 2.03 bits per heavy atom. The number of allylic oxidation sites excluding steroid dienone is 3. The summed E-state index contributed by atoms with van der Waals surface area (Å²) in [5.74, 6) is 0.623. The van der Waals surface area contributed by atoms with Gasteiger partial charge in [-0.25, -0.2) is 4.98 Å². The first-order chi connectivity index (χ1) is 15.2. The van der Waals surface area contributed by atoms with Crippen molar-refractivity contribution in [3.05, 3.63) is 68.4 Å². The number of hydrogen-bond donors (Lipinski definition) is 1. The Morgan fingerprint density at radius 3 is 2.78 bits per heavy atom. The number of ether oxygens (including phenoxy) is 1. The number of carbonyl (C=O) groups is 1. The lowest BCUT2D eigenvalue weighted by Gasteiger charge is -2.30. The molecule has 0 unspecified atom stereocenters. The number of hydrogen-bond acceptors (Lipinski definition) is 5. The third-order valence-electron chi connectivity index (χ3n) is 6.74. The fraction of sp³-hybridized carbons (Fsp3) is 0.280. The molecule has 2 aliphatic carbocycles. The third kappa shape index (κ3) is 3.18. The number of aryl methyl sites for hydroxylation is 1. The van der Waals surface area contributed by atoms with E-state index in [1.165, 1.54) is 11.3 Å². The number of rotatable bonds is 4. The van der Waals surface area contributed by atoms with Crippen LogP contribution in [-0.4, -0.2) is 15.9 Å². The number of nitrogens with zero attached hydrogens (tertiary/aromatic N) is 1. The van der Waals surface area contributed by atoms with Crippen molar-refractivity contribution in [3.8, 4) is 10.9 Å². The van der Waals surface area contributed by atoms with Gasteiger partial charge >= 0.3 is 0 Å². The van der Waals surface area contributed by atoms with Gasteiger partial charge in [-0.2, -0.15) is 0 Å². The summed E-state index contributed by atoms with van der Waals surface area (Å²) in [5.41, 5.74) is 4.06. The number of aliphatic hydroxyl groups is 1. The molecule has 2 bridgehead atoms. The molecule has 0 spiro atoms. The fourth-order valence-corrected chi connectivity index (χ4v) is 6.25. The van der Waals surface area contributed by atoms with Gasteiger partial charge < -0.3 is 9.84 Å². The van der Waals surface area contributed by atoms with Crippen LogP contribution in [0.25, 0.3) is 15.8 Å². The molecule has 32 heavy (non-hydrogen) atoms. The van der Waals surface area contributed by atoms with E-state index in [2.05, 4.69) is 4.98 Å². The summed E-state index contributed by atoms with van der Waals surface area (Å²) in [6.07, 6.45) is 2.17. The van der Waals surface area contributed by atoms with E-state index in [4.69, 9.17) is 27.9 Å². The molecule has 5 rings (SSSR count). The van der Waals surface area contributed by atoms with Crippen LogP contribution in [0.2, 0.25) is 10.0 Å². The van der Waals surface area contributed by atoms with E-state index in [0.29, 0.717) is 37.6 Å². The Hall–Kier alpha value is -2.34. The lowest BCUT2D eigenvalue weighted by atomic mass is 9.72. The molecule has 164 valence electrons. The predicted octanol–water partition coefficient (Wildman–Crippen LogP) is 7.93. The molecule has 0 saturated carbocycles. The van der Waals surface area contributed by atoms with Gasteiger partial charge in [0.2, 0.25) is 0 Å². The van der Waals surface area contributed by atoms with Gasteiger partial charge in [0.1, 0.15) is 17.0 Å². The fourth-order valence-electron chi connectivity index (χ4n) is 4.69. The van der Waals surface area contributed by atoms with Crippen LogP contribution in [0.15, 0.2) is 47.2 Å². The maximum Gasteiger partial charge on any atom is 0.279 e. The molecule has 2 aliphatic rings. The number of aliphatic hydroxyl groups excluding tert-OH is 1. The molecule has 1 N–H and O–H groups in total. The second-order valence-corrected chi connectivity index (χ2v) is 10.3. The third-order valence-corrected chi connectivity index (χ3v) is 8.12. The second kappa shape index (κ2) is 7.62. The first kappa shape index (κ1) is 21.5. The highest BCUT2D eigenvalue weighted by Crippen LogP contribution is 2.53. The minimum atomic E-state index is -0.554. The van der Waals surface area contributed by atoms with Crippen molar-refractivity contribution in [1.82, 2.24) is 4.98 Å². The highest BCUT2D eigenvalue weighted by molar-refractivity contribution is 7.20. The molecule has 0 saturated heterocycles. The van der Waals surface area contributed by atoms with Crippen LogP contribution in [0.5, 0.6) is 10.9 Å². The van der Waals surface area contributed by atoms with Crippen LogP contribution in [0.4, 0.5) is 0 Å². The zero-order chi connectivity index (χ0) is 22.8. The Balaban J connectivity index is 1.59. The topological polar surface area (TPSA) is 59.4 Å². The minimum Gasteiger partial charge on any atom is -0.507 e. The lowest BCUT2D eigenvalue weighted by molar-refractivity contribution is -0.120. The SMILES string of the molecule is CCc1ccc(Oc2nc3c(Cl)cc(Cl)cc3s2)cc1C1=C(O)C2=C(C)[C@](C)(CC2)C1=O. The van der Waals surface area contributed by atoms with Crippen LogP contribution < -0.4 is 4.74 Å². The van der Waals surface area contributed by atoms with E-state index >= 15 is 0 Å². The minimum absolute atomic E-state index is 0.0259. The van der Waals surface area contributed by atoms with E-state index in [1.807, 2.05) is 39.0 Å². The zero-order valence-electron chi connectivity index (χ0n) is 17.9. The maximum atomic E-state index is 13.5. The zero-order valence-corrected chi connectivity index (χ0v) is 20.2. The van der Waals surface area contributed by atoms with Crippen molar-refractivity contribution in [3.63, 3.8) is 0 Å². The summed E-state index contributed by atoms with van der Waals surface area (Å²) in [5, 5.41) is 12.5. The molecule has 0 fully saturated rings. The van der Waals surface area contributed by atoms with Crippen LogP contribution in [0.3, 0.4) is 0 Å². The molecule has 1 heterocycles. The van der Waals surface area contributed by atoms with E-state index in [-0.39, 0.29) is 11.5 Å². The van der Waals surface area contributed by atoms with Gasteiger partial charge in [0, 0.05) is 5.02 Å². The molecule has 0 radical (unpaired) electrons. The van der Waals surface area contributed by atoms with Crippen molar-refractivity contribution in [2.24, 2.45) is 5.41 Å². The number of ketones is 1. The summed E-state index contributed by atoms with van der Waals surface area (Å²) >= 11 is 13.7. The van der Waals surface area contributed by atoms with E-state index in [1.54, 1.807) is 12.1 Å². The summed E-state index contributed by atoms with van der Waals surface area (Å²) in [6, 6.07) is 9.07. The van der Waals surface area contributed by atoms with Crippen molar-refractivity contribution in [2.45, 2.75) is 40.0 Å². The van der Waals surface area contributed by atoms with Gasteiger partial charge in [0.05, 0.1) is 20.7 Å². The summed E-state index contributed by atoms with van der Waals surface area (Å²) in [6.45, 7) is 5.97. The van der Waals surface area contributed by atoms with Gasteiger partial charge in [-0.3, -0.25) is 4.79 Å². The van der Waals surface area contributed by atoms with Gasteiger partial charge in [-0.15, -0.1) is 0 Å². The molecule has 0 aliphatic heterocycles. The molecule has 1 atom stereocenters. The summed E-state index contributed by atoms with van der Waals surface area (Å²) in [4.78, 5) is 18.0. The number of benzene rings is 2. The molecule has 1 aromatic heterocycles. The second-order valence-electron chi connectivity index (χ2n) is 8.48. The molecular formula is C25H21Cl2NO3S. The smallest absolute Gasteiger partial charge is 0.279 e. The normalized spacial score (nSPS) is 20.6. The standard InChI is InChI=1S/C25H21Cl2NO3S/c1-4-13-5-6-15(31-24-28-21-18(27)9-14(26)10-19(21)32-24)11-17(13)20-22(29)16-7-8-25(3,12(16)2)23(20)30/h5-6,9-11,29H,4,7-8H2,1-3H3/t25-/m0/s1. The Bertz CT molecular complexity index is 1370. The monoisotopic (exact) mass is 485 g/mol. The number of carbonyl (C=O) groups excluding carboxylic acids is 1. The number of aromatic nitrogens is 1.